The first-order chi connectivity index (χ1) is 4.63. The molecule has 0 fully saturated rings. The maximum atomic E-state index is 10.7. The molecule has 0 saturated carbocycles. The maximum Gasteiger partial charge on any atom is 0.205 e. The van der Waals surface area contributed by atoms with Gasteiger partial charge in [-0.2, -0.15) is 0 Å². The van der Waals surface area contributed by atoms with Crippen molar-refractivity contribution in [1.29, 1.82) is 5.41 Å². The van der Waals surface area contributed by atoms with Crippen LogP contribution in [0.15, 0.2) is 23.4 Å². The van der Waals surface area contributed by atoms with Gasteiger partial charge < -0.3 is 5.73 Å². The number of nitrogens with one attached hydrogen (secondary N) is 1. The predicted octanol–water partition coefficient (Wildman–Crippen LogP) is 0.378. The Labute approximate surface area is 58.7 Å². The molecule has 0 radical (unpaired) electrons. The number of hydrogen-bond acceptors (Lipinski definition) is 3. The van der Waals surface area contributed by atoms with Gasteiger partial charge in [0.2, 0.25) is 5.78 Å². The minimum atomic E-state index is -0.317. The third-order valence-electron chi connectivity index (χ3n) is 1.43. The number of ketones is 1. The molecule has 10 heavy (non-hydrogen) atoms. The minimum absolute atomic E-state index is 0.0972. The zero-order valence-corrected chi connectivity index (χ0v) is 5.64. The van der Waals surface area contributed by atoms with Crippen LogP contribution in [0.25, 0.3) is 0 Å². The highest BCUT2D eigenvalue weighted by atomic mass is 16.1. The average molecular weight is 136 g/mol. The fourth-order valence-corrected chi connectivity index (χ4v) is 0.704. The summed E-state index contributed by atoms with van der Waals surface area (Å²) in [6, 6.07) is 0. The summed E-state index contributed by atoms with van der Waals surface area (Å²) in [7, 11) is 0. The van der Waals surface area contributed by atoms with Crippen molar-refractivity contribution in [2.45, 2.75) is 6.92 Å². The van der Waals surface area contributed by atoms with Crippen LogP contribution in [0.2, 0.25) is 0 Å². The van der Waals surface area contributed by atoms with Gasteiger partial charge in [0.15, 0.2) is 0 Å². The second kappa shape index (κ2) is 2.10. The molecule has 0 amide bonds. The second-order valence-corrected chi connectivity index (χ2v) is 2.17. The monoisotopic (exact) mass is 136 g/mol. The molecule has 0 aromatic carbocycles. The van der Waals surface area contributed by atoms with Crippen LogP contribution in [0.5, 0.6) is 0 Å². The number of nitrogens with two attached hydrogens (primary N) is 1. The molecule has 0 aromatic rings. The van der Waals surface area contributed by atoms with Crippen molar-refractivity contribution in [2.75, 3.05) is 0 Å². The number of rotatable bonds is 0. The molecule has 0 unspecified atom stereocenters. The van der Waals surface area contributed by atoms with Gasteiger partial charge in [-0.05, 0) is 18.6 Å². The maximum absolute atomic E-state index is 10.7. The molecule has 3 N–H and O–H groups in total. The summed E-state index contributed by atoms with van der Waals surface area (Å²) < 4.78 is 0. The largest absolute Gasteiger partial charge is 0.397 e. The van der Waals surface area contributed by atoms with Gasteiger partial charge in [0.25, 0.3) is 0 Å². The first-order valence-corrected chi connectivity index (χ1v) is 2.90. The van der Waals surface area contributed by atoms with Crippen molar-refractivity contribution in [3.05, 3.63) is 23.4 Å². The number of allylic oxidation sites excluding steroid dienone is 4. The number of carbonyl (C=O) groups excluding carboxylic acids is 1. The van der Waals surface area contributed by atoms with E-state index in [1.807, 2.05) is 0 Å². The normalized spacial score (nSPS) is 18.5. The third-order valence-corrected chi connectivity index (χ3v) is 1.43. The molecule has 0 aliphatic heterocycles. The fraction of sp³-hybridized carbons (Fsp3) is 0.143. The van der Waals surface area contributed by atoms with Gasteiger partial charge in [0.1, 0.15) is 5.71 Å². The Morgan fingerprint density at radius 3 is 2.60 bits per heavy atom. The van der Waals surface area contributed by atoms with Crippen LogP contribution < -0.4 is 5.73 Å². The Hall–Kier alpha value is -1.38. The Bertz CT molecular complexity index is 261. The quantitative estimate of drug-likeness (QED) is 0.473. The standard InChI is InChI=1S/C7H8N2O/c1-4-2-3-5(10)7(9)6(4)8/h2-3,9H,8H2,1H3. The molecule has 0 atom stereocenters. The van der Waals surface area contributed by atoms with Gasteiger partial charge in [-0.15, -0.1) is 0 Å². The van der Waals surface area contributed by atoms with Crippen molar-refractivity contribution in [1.82, 2.24) is 0 Å². The van der Waals surface area contributed by atoms with Crippen LogP contribution in [-0.4, -0.2) is 11.5 Å². The van der Waals surface area contributed by atoms with Gasteiger partial charge in [-0.1, -0.05) is 6.08 Å². The van der Waals surface area contributed by atoms with E-state index in [1.165, 1.54) is 6.08 Å². The summed E-state index contributed by atoms with van der Waals surface area (Å²) in [6.07, 6.45) is 2.98. The molecule has 1 aliphatic carbocycles. The first kappa shape index (κ1) is 6.74. The number of carbonyl (C=O) groups is 1. The molecular formula is C7H8N2O. The lowest BCUT2D eigenvalue weighted by molar-refractivity contribution is -0.108. The van der Waals surface area contributed by atoms with E-state index in [4.69, 9.17) is 11.1 Å². The van der Waals surface area contributed by atoms with Crippen molar-refractivity contribution < 1.29 is 4.79 Å². The lowest BCUT2D eigenvalue weighted by atomic mass is 10.0. The van der Waals surface area contributed by atoms with E-state index in [1.54, 1.807) is 13.0 Å². The fourth-order valence-electron chi connectivity index (χ4n) is 0.704. The lowest BCUT2D eigenvalue weighted by Crippen LogP contribution is -2.22. The summed E-state index contributed by atoms with van der Waals surface area (Å²) in [4.78, 5) is 10.7. The van der Waals surface area contributed by atoms with Crippen LogP contribution in [-0.2, 0) is 4.79 Å². The van der Waals surface area contributed by atoms with E-state index >= 15 is 0 Å². The highest BCUT2D eigenvalue weighted by Gasteiger charge is 2.14. The Balaban J connectivity index is 3.11. The molecule has 3 nitrogen and oxygen atoms in total. The zero-order chi connectivity index (χ0) is 7.72. The molecule has 0 spiro atoms. The molecule has 0 bridgehead atoms. The van der Waals surface area contributed by atoms with E-state index in [9.17, 15) is 4.79 Å². The summed E-state index contributed by atoms with van der Waals surface area (Å²) in [5, 5.41) is 7.15. The van der Waals surface area contributed by atoms with E-state index in [-0.39, 0.29) is 17.2 Å². The van der Waals surface area contributed by atoms with Gasteiger partial charge in [-0.3, -0.25) is 10.2 Å². The van der Waals surface area contributed by atoms with Crippen LogP contribution >= 0.6 is 0 Å². The van der Waals surface area contributed by atoms with Gasteiger partial charge in [-0.25, -0.2) is 0 Å². The van der Waals surface area contributed by atoms with Crippen LogP contribution in [0.3, 0.4) is 0 Å². The van der Waals surface area contributed by atoms with E-state index < -0.39 is 0 Å². The van der Waals surface area contributed by atoms with E-state index in [0.717, 1.165) is 5.57 Å². The summed E-state index contributed by atoms with van der Waals surface area (Å²) in [5.41, 5.74) is 6.36. The molecule has 1 aliphatic rings. The second-order valence-electron chi connectivity index (χ2n) is 2.17. The van der Waals surface area contributed by atoms with Gasteiger partial charge in [0, 0.05) is 0 Å². The van der Waals surface area contributed by atoms with E-state index in [0.29, 0.717) is 0 Å². The van der Waals surface area contributed by atoms with Gasteiger partial charge in [0.05, 0.1) is 5.70 Å². The third kappa shape index (κ3) is 0.857. The molecule has 52 valence electrons. The molecule has 0 saturated heterocycles. The predicted molar refractivity (Wildman–Crippen MR) is 38.8 cm³/mol. The molecular weight excluding hydrogens is 128 g/mol. The van der Waals surface area contributed by atoms with Crippen molar-refractivity contribution >= 4 is 11.5 Å². The zero-order valence-electron chi connectivity index (χ0n) is 5.64. The van der Waals surface area contributed by atoms with Gasteiger partial charge >= 0.3 is 0 Å². The van der Waals surface area contributed by atoms with Crippen LogP contribution in [0.1, 0.15) is 6.92 Å². The molecule has 1 rings (SSSR count). The van der Waals surface area contributed by atoms with Crippen LogP contribution in [0, 0.1) is 5.41 Å². The SMILES string of the molecule is CC1=C(N)C(=N)C(=O)C=C1. The Morgan fingerprint density at radius 2 is 2.10 bits per heavy atom. The summed E-state index contributed by atoms with van der Waals surface area (Å²) >= 11 is 0. The average Bonchev–Trinajstić information content (AvgIpc) is 1.93. The van der Waals surface area contributed by atoms with Crippen molar-refractivity contribution in [2.24, 2.45) is 5.73 Å². The van der Waals surface area contributed by atoms with E-state index in [2.05, 4.69) is 0 Å². The Kier molecular flexibility index (Phi) is 1.41. The highest BCUT2D eigenvalue weighted by molar-refractivity contribution is 6.49. The van der Waals surface area contributed by atoms with Crippen molar-refractivity contribution in [3.63, 3.8) is 0 Å². The number of hydrogen-bond donors (Lipinski definition) is 2. The smallest absolute Gasteiger partial charge is 0.205 e. The Morgan fingerprint density at radius 1 is 1.50 bits per heavy atom. The van der Waals surface area contributed by atoms with Crippen LogP contribution in [0.4, 0.5) is 0 Å². The molecule has 0 aromatic heterocycles. The minimum Gasteiger partial charge on any atom is -0.397 e. The van der Waals surface area contributed by atoms with Crippen molar-refractivity contribution in [3.8, 4) is 0 Å². The molecule has 3 heteroatoms. The lowest BCUT2D eigenvalue weighted by Gasteiger charge is -2.07. The highest BCUT2D eigenvalue weighted by Crippen LogP contribution is 2.07. The molecule has 0 heterocycles. The first-order valence-electron chi connectivity index (χ1n) is 2.90. The summed E-state index contributed by atoms with van der Waals surface area (Å²) in [5.74, 6) is -0.317. The topological polar surface area (TPSA) is 66.9 Å². The summed E-state index contributed by atoms with van der Waals surface area (Å²) in [6.45, 7) is 1.77.